The van der Waals surface area contributed by atoms with Gasteiger partial charge in [0.25, 0.3) is 5.56 Å². The van der Waals surface area contributed by atoms with Crippen LogP contribution in [0.5, 0.6) is 11.5 Å². The van der Waals surface area contributed by atoms with Crippen LogP contribution in [0.1, 0.15) is 5.56 Å². The Morgan fingerprint density at radius 1 is 1.12 bits per heavy atom. The number of aromatic nitrogens is 1. The fourth-order valence-electron chi connectivity index (χ4n) is 2.53. The third-order valence-corrected chi connectivity index (χ3v) is 3.79. The molecule has 0 aliphatic carbocycles. The number of nitrogens with zero attached hydrogens (tertiary/aromatic N) is 1. The molecular weight excluding hydrogens is 323 g/mol. The molecule has 25 heavy (non-hydrogen) atoms. The van der Waals surface area contributed by atoms with Gasteiger partial charge >= 0.3 is 0 Å². The van der Waals surface area contributed by atoms with Crippen molar-refractivity contribution < 1.29 is 14.2 Å². The van der Waals surface area contributed by atoms with Crippen LogP contribution in [0.2, 0.25) is 0 Å². The van der Waals surface area contributed by atoms with E-state index in [2.05, 4.69) is 4.98 Å². The summed E-state index contributed by atoms with van der Waals surface area (Å²) in [4.78, 5) is 14.9. The summed E-state index contributed by atoms with van der Waals surface area (Å²) in [5.74, 6) is -0.207. The molecule has 0 saturated carbocycles. The molecule has 0 atom stereocenters. The van der Waals surface area contributed by atoms with Crippen LogP contribution in [0.4, 0.5) is 4.39 Å². The van der Waals surface area contributed by atoms with Gasteiger partial charge < -0.3 is 14.8 Å². The van der Waals surface area contributed by atoms with E-state index in [9.17, 15) is 19.6 Å². The summed E-state index contributed by atoms with van der Waals surface area (Å²) in [6.07, 6.45) is 0. The molecule has 0 spiro atoms. The smallest absolute Gasteiger partial charge is 0.266 e. The van der Waals surface area contributed by atoms with Crippen molar-refractivity contribution in [2.45, 2.75) is 0 Å². The molecule has 1 heterocycles. The van der Waals surface area contributed by atoms with Crippen molar-refractivity contribution in [2.75, 3.05) is 7.11 Å². The average Bonchev–Trinajstić information content (AvgIpc) is 2.62. The van der Waals surface area contributed by atoms with Gasteiger partial charge in [0.1, 0.15) is 17.4 Å². The fraction of sp³-hybridized carbons (Fsp3) is 0.0526. The van der Waals surface area contributed by atoms with Crippen molar-refractivity contribution in [1.82, 2.24) is 4.98 Å². The number of H-pyrrole nitrogens is 1. The quantitative estimate of drug-likeness (QED) is 0.767. The van der Waals surface area contributed by atoms with Crippen molar-refractivity contribution in [2.24, 2.45) is 0 Å². The SMILES string of the molecule is COc1cc(-c2cc(-c3ccc(F)cc3)[nH]c(=O)c2C#N)ccc1O. The molecule has 0 aliphatic rings. The summed E-state index contributed by atoms with van der Waals surface area (Å²) >= 11 is 0. The Morgan fingerprint density at radius 2 is 1.80 bits per heavy atom. The lowest BCUT2D eigenvalue weighted by Crippen LogP contribution is -2.12. The van der Waals surface area contributed by atoms with Crippen molar-refractivity contribution in [3.63, 3.8) is 0 Å². The minimum absolute atomic E-state index is 0.0478. The highest BCUT2D eigenvalue weighted by Gasteiger charge is 2.14. The molecule has 1 aromatic heterocycles. The summed E-state index contributed by atoms with van der Waals surface area (Å²) in [7, 11) is 1.41. The van der Waals surface area contributed by atoms with Crippen molar-refractivity contribution >= 4 is 0 Å². The summed E-state index contributed by atoms with van der Waals surface area (Å²) in [5.41, 5.74) is 1.38. The fourth-order valence-corrected chi connectivity index (χ4v) is 2.53. The number of phenolic OH excluding ortho intramolecular Hbond substituents is 1. The van der Waals surface area contributed by atoms with E-state index >= 15 is 0 Å². The monoisotopic (exact) mass is 336 g/mol. The van der Waals surface area contributed by atoms with Gasteiger partial charge in [0.05, 0.1) is 7.11 Å². The minimum atomic E-state index is -0.550. The Balaban J connectivity index is 2.23. The van der Waals surface area contributed by atoms with E-state index in [4.69, 9.17) is 4.74 Å². The maximum Gasteiger partial charge on any atom is 0.266 e. The molecule has 124 valence electrons. The molecule has 6 heteroatoms. The number of rotatable bonds is 3. The number of hydrogen-bond acceptors (Lipinski definition) is 4. The van der Waals surface area contributed by atoms with Gasteiger partial charge in [-0.15, -0.1) is 0 Å². The third-order valence-electron chi connectivity index (χ3n) is 3.79. The number of nitriles is 1. The summed E-state index contributed by atoms with van der Waals surface area (Å²) < 4.78 is 18.2. The summed E-state index contributed by atoms with van der Waals surface area (Å²) in [5, 5.41) is 19.1. The van der Waals surface area contributed by atoms with Crippen LogP contribution in [-0.4, -0.2) is 17.2 Å². The maximum atomic E-state index is 13.1. The molecule has 3 rings (SSSR count). The van der Waals surface area contributed by atoms with E-state index in [1.165, 1.54) is 37.4 Å². The van der Waals surface area contributed by atoms with Crippen LogP contribution in [0.25, 0.3) is 22.4 Å². The second-order valence-corrected chi connectivity index (χ2v) is 5.31. The number of nitrogens with one attached hydrogen (secondary N) is 1. The third kappa shape index (κ3) is 3.08. The molecule has 5 nitrogen and oxygen atoms in total. The van der Waals surface area contributed by atoms with Gasteiger partial charge in [0.15, 0.2) is 11.5 Å². The van der Waals surface area contributed by atoms with Crippen LogP contribution in [0, 0.1) is 17.1 Å². The number of hydrogen-bond donors (Lipinski definition) is 2. The number of aromatic hydroxyl groups is 1. The molecule has 0 amide bonds. The van der Waals surface area contributed by atoms with Gasteiger partial charge in [-0.1, -0.05) is 6.07 Å². The molecule has 3 aromatic rings. The maximum absolute atomic E-state index is 13.1. The zero-order valence-electron chi connectivity index (χ0n) is 13.2. The van der Waals surface area contributed by atoms with Gasteiger partial charge in [0.2, 0.25) is 0 Å². The number of phenols is 1. The minimum Gasteiger partial charge on any atom is -0.504 e. The van der Waals surface area contributed by atoms with E-state index in [1.54, 1.807) is 18.2 Å². The van der Waals surface area contributed by atoms with Crippen molar-refractivity contribution in [3.05, 3.63) is 70.3 Å². The number of pyridine rings is 1. The van der Waals surface area contributed by atoms with Crippen LogP contribution in [0.15, 0.2) is 53.3 Å². The molecule has 0 saturated heterocycles. The molecule has 0 bridgehead atoms. The Kier molecular flexibility index (Phi) is 4.23. The first-order valence-electron chi connectivity index (χ1n) is 7.34. The van der Waals surface area contributed by atoms with E-state index < -0.39 is 5.56 Å². The van der Waals surface area contributed by atoms with E-state index in [0.717, 1.165) is 0 Å². The summed E-state index contributed by atoms with van der Waals surface area (Å²) in [6, 6.07) is 13.7. The number of methoxy groups -OCH3 is 1. The van der Waals surface area contributed by atoms with Crippen LogP contribution >= 0.6 is 0 Å². The van der Waals surface area contributed by atoms with E-state index in [1.807, 2.05) is 6.07 Å². The zero-order chi connectivity index (χ0) is 18.0. The predicted octanol–water partition coefficient (Wildman–Crippen LogP) is 3.43. The number of benzene rings is 2. The van der Waals surface area contributed by atoms with Crippen LogP contribution in [-0.2, 0) is 0 Å². The molecule has 2 aromatic carbocycles. The second kappa shape index (κ2) is 6.49. The lowest BCUT2D eigenvalue weighted by atomic mass is 9.98. The van der Waals surface area contributed by atoms with Crippen LogP contribution in [0.3, 0.4) is 0 Å². The Labute approximate surface area is 142 Å². The first kappa shape index (κ1) is 16.3. The number of ether oxygens (including phenoxy) is 1. The van der Waals surface area contributed by atoms with Crippen LogP contribution < -0.4 is 10.3 Å². The highest BCUT2D eigenvalue weighted by molar-refractivity contribution is 5.76. The largest absolute Gasteiger partial charge is 0.504 e. The first-order chi connectivity index (χ1) is 12.0. The van der Waals surface area contributed by atoms with Gasteiger partial charge in [-0.05, 0) is 53.6 Å². The lowest BCUT2D eigenvalue weighted by molar-refractivity contribution is 0.373. The van der Waals surface area contributed by atoms with Gasteiger partial charge in [-0.2, -0.15) is 5.26 Å². The Hall–Kier alpha value is -3.59. The average molecular weight is 336 g/mol. The van der Waals surface area contributed by atoms with Crippen molar-refractivity contribution in [3.8, 4) is 40.0 Å². The van der Waals surface area contributed by atoms with Gasteiger partial charge in [-0.25, -0.2) is 4.39 Å². The number of aromatic amines is 1. The molecule has 0 unspecified atom stereocenters. The first-order valence-corrected chi connectivity index (χ1v) is 7.34. The molecule has 0 aliphatic heterocycles. The zero-order valence-corrected chi connectivity index (χ0v) is 13.2. The standard InChI is InChI=1S/C19H13FN2O3/c1-25-18-8-12(4-7-17(18)23)14-9-16(22-19(24)15(14)10-21)11-2-5-13(20)6-3-11/h2-9,23H,1H3,(H,22,24). The molecule has 2 N–H and O–H groups in total. The Bertz CT molecular complexity index is 1030. The van der Waals surface area contributed by atoms with Crippen molar-refractivity contribution in [1.29, 1.82) is 5.26 Å². The summed E-state index contributed by atoms with van der Waals surface area (Å²) in [6.45, 7) is 0. The highest BCUT2D eigenvalue weighted by Crippen LogP contribution is 2.33. The molecule has 0 fully saturated rings. The lowest BCUT2D eigenvalue weighted by Gasteiger charge is -2.10. The normalized spacial score (nSPS) is 10.3. The highest BCUT2D eigenvalue weighted by atomic mass is 19.1. The van der Waals surface area contributed by atoms with Gasteiger partial charge in [0, 0.05) is 11.3 Å². The van der Waals surface area contributed by atoms with E-state index in [-0.39, 0.29) is 22.9 Å². The molecule has 0 radical (unpaired) electrons. The molecular formula is C19H13FN2O3. The number of halogens is 1. The predicted molar refractivity (Wildman–Crippen MR) is 90.8 cm³/mol. The van der Waals surface area contributed by atoms with E-state index in [0.29, 0.717) is 22.4 Å². The Morgan fingerprint density at radius 3 is 2.44 bits per heavy atom. The van der Waals surface area contributed by atoms with Gasteiger partial charge in [-0.3, -0.25) is 4.79 Å². The second-order valence-electron chi connectivity index (χ2n) is 5.31. The topological polar surface area (TPSA) is 86.1 Å².